The second-order valence-corrected chi connectivity index (χ2v) is 4.01. The predicted molar refractivity (Wildman–Crippen MR) is 63.4 cm³/mol. The molecule has 0 saturated heterocycles. The Morgan fingerprint density at radius 2 is 1.80 bits per heavy atom. The summed E-state index contributed by atoms with van der Waals surface area (Å²) in [6, 6.07) is 1.56. The van der Waals surface area contributed by atoms with Gasteiger partial charge in [0.05, 0.1) is 12.8 Å². The highest BCUT2D eigenvalue weighted by molar-refractivity contribution is 5.88. The van der Waals surface area contributed by atoms with Crippen LogP contribution in [0.5, 0.6) is 0 Å². The number of hydrogen-bond acceptors (Lipinski definition) is 3. The molecule has 0 aromatic heterocycles. The van der Waals surface area contributed by atoms with Crippen LogP contribution < -0.4 is 11.1 Å². The van der Waals surface area contributed by atoms with Crippen LogP contribution in [0.15, 0.2) is 18.2 Å². The highest BCUT2D eigenvalue weighted by Crippen LogP contribution is 2.12. The van der Waals surface area contributed by atoms with Crippen molar-refractivity contribution in [3.63, 3.8) is 0 Å². The number of aliphatic carboxylic acids is 1. The van der Waals surface area contributed by atoms with Crippen LogP contribution in [-0.2, 0) is 20.8 Å². The fourth-order valence-corrected chi connectivity index (χ4v) is 1.51. The lowest BCUT2D eigenvalue weighted by molar-refractivity contribution is -0.143. The molecule has 1 aromatic carbocycles. The third-order valence-electron chi connectivity index (χ3n) is 2.44. The largest absolute Gasteiger partial charge is 0.480 e. The fourth-order valence-electron chi connectivity index (χ4n) is 1.51. The van der Waals surface area contributed by atoms with Gasteiger partial charge in [0.25, 0.3) is 0 Å². The summed E-state index contributed by atoms with van der Waals surface area (Å²) in [5, 5.41) is 10.8. The van der Waals surface area contributed by atoms with E-state index in [2.05, 4.69) is 0 Å². The third-order valence-corrected chi connectivity index (χ3v) is 2.44. The number of primary amides is 1. The minimum absolute atomic E-state index is 0.479. The van der Waals surface area contributed by atoms with E-state index >= 15 is 0 Å². The molecule has 4 N–H and O–H groups in total. The Morgan fingerprint density at radius 3 is 2.25 bits per heavy atom. The molecule has 1 aromatic rings. The summed E-state index contributed by atoms with van der Waals surface area (Å²) in [7, 11) is 0. The van der Waals surface area contributed by atoms with Crippen molar-refractivity contribution in [2.24, 2.45) is 5.73 Å². The highest BCUT2D eigenvalue weighted by Gasteiger charge is 2.23. The molecule has 0 aliphatic rings. The van der Waals surface area contributed by atoms with Crippen molar-refractivity contribution < 1.29 is 28.3 Å². The monoisotopic (exact) mass is 286 g/mol. The Labute approximate surface area is 112 Å². The van der Waals surface area contributed by atoms with E-state index in [0.717, 1.165) is 18.2 Å². The van der Waals surface area contributed by atoms with E-state index in [1.54, 1.807) is 0 Å². The molecule has 0 aliphatic heterocycles. The number of nitrogens with two attached hydrogens (primary N) is 1. The zero-order chi connectivity index (χ0) is 15.3. The van der Waals surface area contributed by atoms with Crippen LogP contribution in [0, 0.1) is 11.6 Å². The zero-order valence-corrected chi connectivity index (χ0v) is 10.2. The van der Waals surface area contributed by atoms with Gasteiger partial charge in [-0.25, -0.2) is 13.6 Å². The van der Waals surface area contributed by atoms with Gasteiger partial charge in [-0.1, -0.05) is 6.07 Å². The second kappa shape index (κ2) is 6.60. The van der Waals surface area contributed by atoms with Gasteiger partial charge in [0.2, 0.25) is 11.8 Å². The van der Waals surface area contributed by atoms with E-state index < -0.39 is 53.9 Å². The first kappa shape index (κ1) is 15.5. The first-order chi connectivity index (χ1) is 9.31. The maximum absolute atomic E-state index is 13.3. The molecule has 1 rings (SSSR count). The molecule has 20 heavy (non-hydrogen) atoms. The Bertz CT molecular complexity index is 528. The first-order valence-corrected chi connectivity index (χ1v) is 5.54. The van der Waals surface area contributed by atoms with Crippen molar-refractivity contribution in [2.75, 3.05) is 0 Å². The molecule has 0 bridgehead atoms. The number of benzene rings is 1. The highest BCUT2D eigenvalue weighted by atomic mass is 19.1. The third kappa shape index (κ3) is 4.30. The van der Waals surface area contributed by atoms with E-state index in [1.165, 1.54) is 0 Å². The normalized spacial score (nSPS) is 11.7. The van der Waals surface area contributed by atoms with E-state index in [9.17, 15) is 23.2 Å². The molecule has 0 heterocycles. The van der Waals surface area contributed by atoms with Crippen LogP contribution in [0.1, 0.15) is 12.0 Å². The van der Waals surface area contributed by atoms with E-state index in [4.69, 9.17) is 10.8 Å². The number of carboxylic acids is 1. The number of hydrogen-bond donors (Lipinski definition) is 3. The van der Waals surface area contributed by atoms with Crippen molar-refractivity contribution in [1.82, 2.24) is 5.32 Å². The van der Waals surface area contributed by atoms with Crippen LogP contribution in [0.3, 0.4) is 0 Å². The number of nitrogens with one attached hydrogen (secondary N) is 1. The van der Waals surface area contributed by atoms with E-state index in [0.29, 0.717) is 0 Å². The number of halogens is 2. The maximum atomic E-state index is 13.3. The lowest BCUT2D eigenvalue weighted by atomic mass is 10.1. The number of carboxylic acid groups (broad SMARTS) is 1. The van der Waals surface area contributed by atoms with Gasteiger partial charge in [0.15, 0.2) is 0 Å². The van der Waals surface area contributed by atoms with Gasteiger partial charge < -0.3 is 16.2 Å². The molecule has 1 atom stereocenters. The molecule has 6 nitrogen and oxygen atoms in total. The van der Waals surface area contributed by atoms with E-state index in [1.807, 2.05) is 5.32 Å². The summed E-state index contributed by atoms with van der Waals surface area (Å²) in [5.41, 5.74) is 4.36. The standard InChI is InChI=1S/C12H12F2N2O4/c13-7-2-1-3-8(14)6(7)4-11(18)16-9(12(19)20)5-10(15)17/h1-3,9H,4-5H2,(H2,15,17)(H,16,18)(H,19,20)/t9-/m0/s1. The zero-order valence-electron chi connectivity index (χ0n) is 10.2. The average Bonchev–Trinajstić information content (AvgIpc) is 2.32. The minimum atomic E-state index is -1.53. The topological polar surface area (TPSA) is 109 Å². The van der Waals surface area contributed by atoms with Crippen molar-refractivity contribution >= 4 is 17.8 Å². The predicted octanol–water partition coefficient (Wildman–Crippen LogP) is -0.0479. The van der Waals surface area contributed by atoms with Crippen molar-refractivity contribution in [1.29, 1.82) is 0 Å². The van der Waals surface area contributed by atoms with Crippen LogP contribution >= 0.6 is 0 Å². The van der Waals surface area contributed by atoms with Gasteiger partial charge >= 0.3 is 5.97 Å². The summed E-state index contributed by atoms with van der Waals surface area (Å²) in [6.07, 6.45) is -1.29. The van der Waals surface area contributed by atoms with Crippen molar-refractivity contribution in [3.05, 3.63) is 35.4 Å². The van der Waals surface area contributed by atoms with Gasteiger partial charge in [-0.05, 0) is 12.1 Å². The number of carbonyl (C=O) groups excluding carboxylic acids is 2. The van der Waals surface area contributed by atoms with Gasteiger partial charge in [-0.2, -0.15) is 0 Å². The lowest BCUT2D eigenvalue weighted by Gasteiger charge is -2.13. The van der Waals surface area contributed by atoms with Crippen LogP contribution in [0.4, 0.5) is 8.78 Å². The lowest BCUT2D eigenvalue weighted by Crippen LogP contribution is -2.44. The van der Waals surface area contributed by atoms with Gasteiger partial charge in [-0.3, -0.25) is 9.59 Å². The number of carbonyl (C=O) groups is 3. The van der Waals surface area contributed by atoms with Gasteiger partial charge in [0.1, 0.15) is 17.7 Å². The van der Waals surface area contributed by atoms with Crippen molar-refractivity contribution in [2.45, 2.75) is 18.9 Å². The molecule has 0 saturated carbocycles. The Kier molecular flexibility index (Phi) is 5.13. The van der Waals surface area contributed by atoms with Crippen LogP contribution in [0.2, 0.25) is 0 Å². The van der Waals surface area contributed by atoms with Gasteiger partial charge in [-0.15, -0.1) is 0 Å². The Balaban J connectivity index is 2.76. The Hall–Kier alpha value is -2.51. The molecule has 0 radical (unpaired) electrons. The summed E-state index contributed by atoms with van der Waals surface area (Å²) < 4.78 is 26.6. The smallest absolute Gasteiger partial charge is 0.326 e. The molecule has 0 fully saturated rings. The number of amides is 2. The molecular weight excluding hydrogens is 274 g/mol. The molecule has 8 heteroatoms. The minimum Gasteiger partial charge on any atom is -0.480 e. The molecule has 0 spiro atoms. The summed E-state index contributed by atoms with van der Waals surface area (Å²) in [6.45, 7) is 0. The SMILES string of the molecule is NC(=O)C[C@H](NC(=O)Cc1c(F)cccc1F)C(=O)O. The molecular formula is C12H12F2N2O4. The van der Waals surface area contributed by atoms with Crippen LogP contribution in [0.25, 0.3) is 0 Å². The summed E-state index contributed by atoms with van der Waals surface area (Å²) in [5.74, 6) is -5.15. The fraction of sp³-hybridized carbons (Fsp3) is 0.250. The second-order valence-electron chi connectivity index (χ2n) is 4.01. The molecule has 0 aliphatic carbocycles. The van der Waals surface area contributed by atoms with Crippen LogP contribution in [-0.4, -0.2) is 28.9 Å². The summed E-state index contributed by atoms with van der Waals surface area (Å²) in [4.78, 5) is 33.0. The Morgan fingerprint density at radius 1 is 1.25 bits per heavy atom. The molecule has 108 valence electrons. The molecule has 0 unspecified atom stereocenters. The summed E-state index contributed by atoms with van der Waals surface area (Å²) >= 11 is 0. The van der Waals surface area contributed by atoms with Gasteiger partial charge in [0, 0.05) is 5.56 Å². The molecule has 2 amide bonds. The van der Waals surface area contributed by atoms with Crippen molar-refractivity contribution in [3.8, 4) is 0 Å². The average molecular weight is 286 g/mol. The van der Waals surface area contributed by atoms with E-state index in [-0.39, 0.29) is 0 Å². The quantitative estimate of drug-likeness (QED) is 0.681. The number of rotatable bonds is 6. The first-order valence-electron chi connectivity index (χ1n) is 5.54. The maximum Gasteiger partial charge on any atom is 0.326 e.